The van der Waals surface area contributed by atoms with Crippen LogP contribution in [-0.4, -0.2) is 87.5 Å². The number of hydrogen-bond acceptors (Lipinski definition) is 8. The van der Waals surface area contributed by atoms with Crippen LogP contribution in [0.4, 0.5) is 0 Å². The Hall–Kier alpha value is -0.810. The molecule has 1 saturated heterocycles. The summed E-state index contributed by atoms with van der Waals surface area (Å²) in [4.78, 5) is 13.1. The van der Waals surface area contributed by atoms with Gasteiger partial charge in [0, 0.05) is 6.42 Å². The number of aliphatic hydroxyl groups excluding tert-OH is 5. The second kappa shape index (κ2) is 59.4. The molecule has 7 unspecified atom stereocenters. The van der Waals surface area contributed by atoms with Crippen LogP contribution in [0.5, 0.6) is 0 Å². The van der Waals surface area contributed by atoms with Crippen LogP contribution < -0.4 is 5.32 Å². The number of aliphatic hydroxyl groups is 5. The third-order valence-corrected chi connectivity index (χ3v) is 17.5. The van der Waals surface area contributed by atoms with Crippen molar-refractivity contribution >= 4 is 5.91 Å². The van der Waals surface area contributed by atoms with E-state index in [-0.39, 0.29) is 12.5 Å². The van der Waals surface area contributed by atoms with Gasteiger partial charge in [0.2, 0.25) is 5.91 Å². The molecule has 0 aliphatic carbocycles. The SMILES string of the molecule is CCCCCCCCCCCCCCCCCCCCCCCCCCCCCCCCCCCC(O)C(COC1OC(CO)C(O)C(O)C1O)NC(=O)CCCCCCCCCCCCCCCCCCCCCCCC. The Balaban J connectivity index is 2.08. The fourth-order valence-electron chi connectivity index (χ4n) is 11.9. The second-order valence-electron chi connectivity index (χ2n) is 25.0. The molecule has 0 spiro atoms. The quantitative estimate of drug-likeness (QED) is 0.0330. The highest BCUT2D eigenvalue weighted by atomic mass is 16.7. The molecule has 0 radical (unpaired) electrons. The zero-order chi connectivity index (χ0) is 56.5. The van der Waals surface area contributed by atoms with Crippen LogP contribution >= 0.6 is 0 Å². The first-order chi connectivity index (χ1) is 38.3. The lowest BCUT2D eigenvalue weighted by molar-refractivity contribution is -0.302. The number of ether oxygens (including phenoxy) is 2. The summed E-state index contributed by atoms with van der Waals surface area (Å²) >= 11 is 0. The molecule has 1 aliphatic heterocycles. The molecule has 0 aromatic rings. The minimum absolute atomic E-state index is 0.130. The molecular weight excluding hydrogens is 971 g/mol. The molecule has 78 heavy (non-hydrogen) atoms. The van der Waals surface area contributed by atoms with Crippen molar-refractivity contribution in [2.75, 3.05) is 13.2 Å². The minimum atomic E-state index is -1.55. The van der Waals surface area contributed by atoms with Gasteiger partial charge in [-0.05, 0) is 12.8 Å². The van der Waals surface area contributed by atoms with Gasteiger partial charge in [-0.1, -0.05) is 361 Å². The number of amides is 1. The molecule has 1 fully saturated rings. The molecule has 1 aliphatic rings. The van der Waals surface area contributed by atoms with E-state index in [0.717, 1.165) is 38.5 Å². The summed E-state index contributed by atoms with van der Waals surface area (Å²) in [6.45, 7) is 3.91. The molecule has 0 bridgehead atoms. The van der Waals surface area contributed by atoms with Gasteiger partial charge in [0.25, 0.3) is 0 Å². The van der Waals surface area contributed by atoms with Crippen LogP contribution in [0.2, 0.25) is 0 Å². The number of hydrogen-bond donors (Lipinski definition) is 6. The molecule has 466 valence electrons. The van der Waals surface area contributed by atoms with Crippen LogP contribution in [0.3, 0.4) is 0 Å². The average Bonchev–Trinajstić information content (AvgIpc) is 3.45. The Morgan fingerprint density at radius 3 is 0.910 bits per heavy atom. The maximum atomic E-state index is 13.1. The lowest BCUT2D eigenvalue weighted by Gasteiger charge is -2.40. The largest absolute Gasteiger partial charge is 0.394 e. The van der Waals surface area contributed by atoms with Crippen LogP contribution in [0.15, 0.2) is 0 Å². The minimum Gasteiger partial charge on any atom is -0.394 e. The summed E-state index contributed by atoms with van der Waals surface area (Å²) in [5.74, 6) is -0.134. The summed E-state index contributed by atoms with van der Waals surface area (Å²) in [5.41, 5.74) is 0. The molecule has 6 N–H and O–H groups in total. The van der Waals surface area contributed by atoms with Gasteiger partial charge in [0.1, 0.15) is 24.4 Å². The maximum absolute atomic E-state index is 13.1. The van der Waals surface area contributed by atoms with Gasteiger partial charge in [-0.15, -0.1) is 0 Å². The Morgan fingerprint density at radius 1 is 0.385 bits per heavy atom. The van der Waals surface area contributed by atoms with E-state index in [9.17, 15) is 30.3 Å². The van der Waals surface area contributed by atoms with Crippen LogP contribution in [0.25, 0.3) is 0 Å². The number of rotatable bonds is 63. The van der Waals surface area contributed by atoms with Crippen molar-refractivity contribution in [2.45, 2.75) is 423 Å². The summed E-state index contributed by atoms with van der Waals surface area (Å²) in [6, 6.07) is -0.715. The van der Waals surface area contributed by atoms with Gasteiger partial charge in [-0.25, -0.2) is 0 Å². The zero-order valence-corrected chi connectivity index (χ0v) is 52.2. The van der Waals surface area contributed by atoms with E-state index in [0.29, 0.717) is 12.8 Å². The van der Waals surface area contributed by atoms with E-state index in [1.54, 1.807) is 0 Å². The Kier molecular flexibility index (Phi) is 57.2. The lowest BCUT2D eigenvalue weighted by atomic mass is 9.99. The summed E-state index contributed by atoms with van der Waals surface area (Å²) in [6.07, 6.45) is 67.5. The average molecular weight is 1110 g/mol. The lowest BCUT2D eigenvalue weighted by Crippen LogP contribution is -2.60. The van der Waals surface area contributed by atoms with Crippen molar-refractivity contribution in [1.82, 2.24) is 5.32 Å². The standard InChI is InChI=1S/C69H137NO8/c1-3-5-7-9-11-13-15-17-19-21-23-25-27-28-29-30-31-32-33-34-35-36-37-38-40-42-44-46-48-50-52-54-56-58-63(72)62(61-77-69-68(76)67(75)66(74)64(60-71)78-69)70-65(73)59-57-55-53-51-49-47-45-43-41-39-26-24-22-20-18-16-14-12-10-8-6-4-2/h62-64,66-69,71-72,74-76H,3-61H2,1-2H3,(H,70,73). The van der Waals surface area contributed by atoms with E-state index in [2.05, 4.69) is 19.2 Å². The van der Waals surface area contributed by atoms with Gasteiger partial charge in [0.05, 0.1) is 25.4 Å². The van der Waals surface area contributed by atoms with Crippen molar-refractivity contribution in [3.05, 3.63) is 0 Å². The Bertz CT molecular complexity index is 1190. The number of nitrogens with one attached hydrogen (secondary N) is 1. The van der Waals surface area contributed by atoms with E-state index in [1.165, 1.54) is 315 Å². The van der Waals surface area contributed by atoms with Crippen LogP contribution in [-0.2, 0) is 14.3 Å². The molecule has 1 rings (SSSR count). The monoisotopic (exact) mass is 1110 g/mol. The molecule has 1 heterocycles. The van der Waals surface area contributed by atoms with Gasteiger partial charge in [0.15, 0.2) is 6.29 Å². The van der Waals surface area contributed by atoms with Crippen molar-refractivity contribution in [2.24, 2.45) is 0 Å². The van der Waals surface area contributed by atoms with Gasteiger partial charge in [-0.2, -0.15) is 0 Å². The van der Waals surface area contributed by atoms with Crippen molar-refractivity contribution in [3.63, 3.8) is 0 Å². The Morgan fingerprint density at radius 2 is 0.641 bits per heavy atom. The molecule has 9 heteroatoms. The highest BCUT2D eigenvalue weighted by Crippen LogP contribution is 2.24. The van der Waals surface area contributed by atoms with E-state index in [1.807, 2.05) is 0 Å². The van der Waals surface area contributed by atoms with E-state index >= 15 is 0 Å². The summed E-state index contributed by atoms with van der Waals surface area (Å²) < 4.78 is 11.4. The summed E-state index contributed by atoms with van der Waals surface area (Å²) in [7, 11) is 0. The predicted molar refractivity (Wildman–Crippen MR) is 332 cm³/mol. The van der Waals surface area contributed by atoms with Gasteiger partial charge >= 0.3 is 0 Å². The number of carbonyl (C=O) groups is 1. The van der Waals surface area contributed by atoms with Gasteiger partial charge in [-0.3, -0.25) is 4.79 Å². The first kappa shape index (κ1) is 75.2. The second-order valence-corrected chi connectivity index (χ2v) is 25.0. The smallest absolute Gasteiger partial charge is 0.220 e. The Labute approximate surface area is 484 Å². The normalized spacial score (nSPS) is 18.5. The third-order valence-electron chi connectivity index (χ3n) is 17.5. The van der Waals surface area contributed by atoms with Crippen molar-refractivity contribution in [3.8, 4) is 0 Å². The molecule has 1 amide bonds. The van der Waals surface area contributed by atoms with E-state index < -0.39 is 49.5 Å². The fourth-order valence-corrected chi connectivity index (χ4v) is 11.9. The molecule has 7 atom stereocenters. The van der Waals surface area contributed by atoms with E-state index in [4.69, 9.17) is 9.47 Å². The molecular formula is C69H137NO8. The topological polar surface area (TPSA) is 149 Å². The fraction of sp³-hybridized carbons (Fsp3) is 0.986. The molecule has 9 nitrogen and oxygen atoms in total. The highest BCUT2D eigenvalue weighted by molar-refractivity contribution is 5.76. The van der Waals surface area contributed by atoms with Crippen LogP contribution in [0.1, 0.15) is 380 Å². The van der Waals surface area contributed by atoms with Crippen LogP contribution in [0, 0.1) is 0 Å². The van der Waals surface area contributed by atoms with Crippen molar-refractivity contribution < 1.29 is 39.8 Å². The van der Waals surface area contributed by atoms with Crippen molar-refractivity contribution in [1.29, 1.82) is 0 Å². The predicted octanol–water partition coefficient (Wildman–Crippen LogP) is 18.9. The number of unbranched alkanes of at least 4 members (excludes halogenated alkanes) is 53. The summed E-state index contributed by atoms with van der Waals surface area (Å²) in [5, 5.41) is 54.9. The maximum Gasteiger partial charge on any atom is 0.220 e. The highest BCUT2D eigenvalue weighted by Gasteiger charge is 2.44. The molecule has 0 aromatic carbocycles. The third kappa shape index (κ3) is 47.7. The number of carbonyl (C=O) groups excluding carboxylic acids is 1. The zero-order valence-electron chi connectivity index (χ0n) is 52.2. The van der Waals surface area contributed by atoms with Gasteiger partial charge < -0.3 is 40.3 Å². The molecule has 0 aromatic heterocycles. The first-order valence-corrected chi connectivity index (χ1v) is 35.2. The first-order valence-electron chi connectivity index (χ1n) is 35.2. The molecule has 0 saturated carbocycles.